The molecule has 1 fully saturated rings. The number of aromatic nitrogens is 1. The third kappa shape index (κ3) is 3.62. The molecule has 4 heteroatoms. The van der Waals surface area contributed by atoms with E-state index in [1.165, 1.54) is 12.8 Å². The second-order valence-electron chi connectivity index (χ2n) is 6.29. The van der Waals surface area contributed by atoms with Crippen LogP contribution in [0, 0.1) is 17.2 Å². The molecule has 3 rings (SSSR count). The van der Waals surface area contributed by atoms with Crippen molar-refractivity contribution in [3.63, 3.8) is 0 Å². The molecule has 0 aliphatic heterocycles. The lowest BCUT2D eigenvalue weighted by molar-refractivity contribution is 0.0748. The van der Waals surface area contributed by atoms with E-state index in [9.17, 15) is 10.1 Å². The van der Waals surface area contributed by atoms with Crippen LogP contribution in [-0.4, -0.2) is 28.9 Å². The number of amides is 1. The van der Waals surface area contributed by atoms with E-state index >= 15 is 0 Å². The summed E-state index contributed by atoms with van der Waals surface area (Å²) in [5.41, 5.74) is 2.67. The molecule has 1 aliphatic rings. The first-order valence-corrected chi connectivity index (χ1v) is 8.47. The van der Waals surface area contributed by atoms with E-state index in [1.54, 1.807) is 12.3 Å². The molecule has 0 saturated heterocycles. The van der Waals surface area contributed by atoms with Crippen molar-refractivity contribution in [2.75, 3.05) is 13.1 Å². The molecule has 0 unspecified atom stereocenters. The van der Waals surface area contributed by atoms with Gasteiger partial charge in [-0.3, -0.25) is 4.79 Å². The van der Waals surface area contributed by atoms with Crippen LogP contribution < -0.4 is 0 Å². The van der Waals surface area contributed by atoms with Crippen LogP contribution in [0.1, 0.15) is 42.2 Å². The first kappa shape index (κ1) is 16.2. The Morgan fingerprint density at radius 1 is 1.33 bits per heavy atom. The number of carbonyl (C=O) groups excluding carboxylic acids is 1. The van der Waals surface area contributed by atoms with Crippen molar-refractivity contribution < 1.29 is 4.79 Å². The van der Waals surface area contributed by atoms with Crippen molar-refractivity contribution in [3.05, 3.63) is 53.9 Å². The van der Waals surface area contributed by atoms with E-state index in [0.717, 1.165) is 30.6 Å². The molecule has 0 bridgehead atoms. The van der Waals surface area contributed by atoms with E-state index in [4.69, 9.17) is 0 Å². The van der Waals surface area contributed by atoms with E-state index in [0.29, 0.717) is 17.2 Å². The van der Waals surface area contributed by atoms with Crippen LogP contribution >= 0.6 is 0 Å². The number of rotatable bonds is 6. The third-order valence-corrected chi connectivity index (χ3v) is 4.29. The Kier molecular flexibility index (Phi) is 4.90. The fourth-order valence-electron chi connectivity index (χ4n) is 2.89. The number of carbonyl (C=O) groups is 1. The Bertz CT molecular complexity index is 774. The zero-order valence-electron chi connectivity index (χ0n) is 13.9. The number of benzene rings is 1. The van der Waals surface area contributed by atoms with Crippen LogP contribution in [0.2, 0.25) is 0 Å². The van der Waals surface area contributed by atoms with Crippen molar-refractivity contribution in [1.29, 1.82) is 5.26 Å². The molecule has 4 nitrogen and oxygen atoms in total. The van der Waals surface area contributed by atoms with Gasteiger partial charge < -0.3 is 4.90 Å². The number of hydrogen-bond donors (Lipinski definition) is 0. The summed E-state index contributed by atoms with van der Waals surface area (Å²) in [7, 11) is 0. The van der Waals surface area contributed by atoms with Gasteiger partial charge in [-0.25, -0.2) is 4.98 Å². The van der Waals surface area contributed by atoms with Gasteiger partial charge in [0.2, 0.25) is 0 Å². The smallest absolute Gasteiger partial charge is 0.253 e. The quantitative estimate of drug-likeness (QED) is 0.812. The average molecular weight is 319 g/mol. The van der Waals surface area contributed by atoms with Gasteiger partial charge in [0.25, 0.3) is 5.91 Å². The summed E-state index contributed by atoms with van der Waals surface area (Å²) in [4.78, 5) is 18.9. The maximum atomic E-state index is 12.9. The molecule has 1 heterocycles. The van der Waals surface area contributed by atoms with Crippen LogP contribution in [0.5, 0.6) is 0 Å². The van der Waals surface area contributed by atoms with Crippen LogP contribution in [0.4, 0.5) is 0 Å². The molecule has 24 heavy (non-hydrogen) atoms. The van der Waals surface area contributed by atoms with Gasteiger partial charge in [0, 0.05) is 30.4 Å². The molecule has 1 aromatic carbocycles. The topological polar surface area (TPSA) is 57.0 Å². The molecule has 1 amide bonds. The van der Waals surface area contributed by atoms with Crippen LogP contribution in [-0.2, 0) is 0 Å². The standard InChI is InChI=1S/C20H21N3O/c1-2-11-23(14-15-8-9-15)20(24)17-6-3-5-16(12-17)18-7-4-10-22-19(18)13-21/h3-7,10,12,15H,2,8-9,11,14H2,1H3. The molecule has 0 spiro atoms. The highest BCUT2D eigenvalue weighted by molar-refractivity contribution is 5.95. The minimum atomic E-state index is 0.0768. The first-order chi connectivity index (χ1) is 11.7. The normalized spacial score (nSPS) is 13.3. The van der Waals surface area contributed by atoms with Crippen molar-refractivity contribution >= 4 is 5.91 Å². The predicted octanol–water partition coefficient (Wildman–Crippen LogP) is 3.88. The van der Waals surface area contributed by atoms with E-state index in [-0.39, 0.29) is 5.91 Å². The summed E-state index contributed by atoms with van der Waals surface area (Å²) in [5, 5.41) is 9.23. The van der Waals surface area contributed by atoms with Gasteiger partial charge in [0.1, 0.15) is 11.8 Å². The summed E-state index contributed by atoms with van der Waals surface area (Å²) in [6, 6.07) is 13.3. The highest BCUT2D eigenvalue weighted by Gasteiger charge is 2.27. The van der Waals surface area contributed by atoms with E-state index in [1.807, 2.05) is 35.2 Å². The summed E-state index contributed by atoms with van der Waals surface area (Å²) >= 11 is 0. The highest BCUT2D eigenvalue weighted by Crippen LogP contribution is 2.30. The van der Waals surface area contributed by atoms with Crippen LogP contribution in [0.15, 0.2) is 42.6 Å². The molecular weight excluding hydrogens is 298 g/mol. The second kappa shape index (κ2) is 7.27. The molecule has 0 radical (unpaired) electrons. The van der Waals surface area contributed by atoms with Gasteiger partial charge in [-0.1, -0.05) is 19.1 Å². The lowest BCUT2D eigenvalue weighted by Gasteiger charge is -2.22. The molecule has 0 atom stereocenters. The molecule has 1 saturated carbocycles. The van der Waals surface area contributed by atoms with Gasteiger partial charge in [0.15, 0.2) is 0 Å². The van der Waals surface area contributed by atoms with Crippen molar-refractivity contribution in [3.8, 4) is 17.2 Å². The van der Waals surface area contributed by atoms with Crippen molar-refractivity contribution in [1.82, 2.24) is 9.88 Å². The number of nitrogens with zero attached hydrogens (tertiary/aromatic N) is 3. The molecule has 0 N–H and O–H groups in total. The minimum Gasteiger partial charge on any atom is -0.338 e. The van der Waals surface area contributed by atoms with Gasteiger partial charge in [0.05, 0.1) is 0 Å². The maximum Gasteiger partial charge on any atom is 0.253 e. The largest absolute Gasteiger partial charge is 0.338 e. The summed E-state index contributed by atoms with van der Waals surface area (Å²) in [6.45, 7) is 3.74. The molecular formula is C20H21N3O. The number of pyridine rings is 1. The monoisotopic (exact) mass is 319 g/mol. The van der Waals surface area contributed by atoms with E-state index < -0.39 is 0 Å². The first-order valence-electron chi connectivity index (χ1n) is 8.47. The number of hydrogen-bond acceptors (Lipinski definition) is 3. The third-order valence-electron chi connectivity index (χ3n) is 4.29. The Hall–Kier alpha value is -2.67. The summed E-state index contributed by atoms with van der Waals surface area (Å²) in [5.74, 6) is 0.750. The Morgan fingerprint density at radius 3 is 2.88 bits per heavy atom. The maximum absolute atomic E-state index is 12.9. The molecule has 1 aliphatic carbocycles. The zero-order valence-corrected chi connectivity index (χ0v) is 13.9. The van der Waals surface area contributed by atoms with Gasteiger partial charge in [-0.2, -0.15) is 5.26 Å². The highest BCUT2D eigenvalue weighted by atomic mass is 16.2. The van der Waals surface area contributed by atoms with Crippen molar-refractivity contribution in [2.24, 2.45) is 5.92 Å². The second-order valence-corrected chi connectivity index (χ2v) is 6.29. The Balaban J connectivity index is 1.89. The summed E-state index contributed by atoms with van der Waals surface area (Å²) in [6.07, 6.45) is 5.03. The lowest BCUT2D eigenvalue weighted by Crippen LogP contribution is -2.33. The van der Waals surface area contributed by atoms with E-state index in [2.05, 4.69) is 18.0 Å². The SMILES string of the molecule is CCCN(CC1CC1)C(=O)c1cccc(-c2cccnc2C#N)c1. The molecule has 122 valence electrons. The Labute approximate surface area is 142 Å². The van der Waals surface area contributed by atoms with Crippen molar-refractivity contribution in [2.45, 2.75) is 26.2 Å². The zero-order chi connectivity index (χ0) is 16.9. The van der Waals surface area contributed by atoms with Gasteiger partial charge in [-0.15, -0.1) is 0 Å². The van der Waals surface area contributed by atoms with Gasteiger partial charge in [-0.05, 0) is 55.0 Å². The molecule has 2 aromatic rings. The van der Waals surface area contributed by atoms with Crippen LogP contribution in [0.25, 0.3) is 11.1 Å². The molecule has 1 aromatic heterocycles. The number of nitriles is 1. The predicted molar refractivity (Wildman–Crippen MR) is 93.3 cm³/mol. The van der Waals surface area contributed by atoms with Gasteiger partial charge >= 0.3 is 0 Å². The fraction of sp³-hybridized carbons (Fsp3) is 0.350. The minimum absolute atomic E-state index is 0.0768. The summed E-state index contributed by atoms with van der Waals surface area (Å²) < 4.78 is 0. The lowest BCUT2D eigenvalue weighted by atomic mass is 10.0. The fourth-order valence-corrected chi connectivity index (χ4v) is 2.89. The average Bonchev–Trinajstić information content (AvgIpc) is 3.45. The Morgan fingerprint density at radius 2 is 2.17 bits per heavy atom. The van der Waals surface area contributed by atoms with Crippen LogP contribution in [0.3, 0.4) is 0 Å².